The number of carbonyl (C=O) groups is 1. The number of hydrogen-bond donors (Lipinski definition) is 2. The molecule has 3 N–H and O–H groups in total. The van der Waals surface area contributed by atoms with Gasteiger partial charge in [-0.05, 0) is 17.5 Å². The van der Waals surface area contributed by atoms with Gasteiger partial charge in [0.1, 0.15) is 5.75 Å². The van der Waals surface area contributed by atoms with E-state index in [9.17, 15) is 4.79 Å². The summed E-state index contributed by atoms with van der Waals surface area (Å²) in [6.45, 7) is 6.99. The van der Waals surface area contributed by atoms with Crippen molar-refractivity contribution in [3.63, 3.8) is 0 Å². The second kappa shape index (κ2) is 7.14. The van der Waals surface area contributed by atoms with Crippen LogP contribution >= 0.6 is 0 Å². The minimum atomic E-state index is -0.0370. The van der Waals surface area contributed by atoms with Crippen molar-refractivity contribution in [2.45, 2.75) is 33.2 Å². The number of nitrogens with two attached hydrogens (primary N) is 1. The molecule has 0 fully saturated rings. The molecule has 1 aromatic carbocycles. The highest BCUT2D eigenvalue weighted by atomic mass is 16.5. The molecule has 0 saturated heterocycles. The highest BCUT2D eigenvalue weighted by Gasteiger charge is 2.24. The molecular weight excluding hydrogens is 240 g/mol. The summed E-state index contributed by atoms with van der Waals surface area (Å²) in [6.07, 6.45) is 0.335. The predicted octanol–water partition coefficient (Wildman–Crippen LogP) is 1.95. The fourth-order valence-electron chi connectivity index (χ4n) is 1.67. The van der Waals surface area contributed by atoms with Gasteiger partial charge in [-0.15, -0.1) is 0 Å². The van der Waals surface area contributed by atoms with Crippen LogP contribution in [-0.2, 0) is 4.79 Å². The Labute approximate surface area is 115 Å². The monoisotopic (exact) mass is 264 g/mol. The second-order valence-corrected chi connectivity index (χ2v) is 5.63. The molecule has 0 aliphatic rings. The van der Waals surface area contributed by atoms with E-state index in [0.717, 1.165) is 5.75 Å². The maximum atomic E-state index is 11.8. The van der Waals surface area contributed by atoms with Gasteiger partial charge < -0.3 is 15.8 Å². The summed E-state index contributed by atoms with van der Waals surface area (Å²) < 4.78 is 5.49. The Hall–Kier alpha value is -1.55. The molecule has 1 unspecified atom stereocenters. The van der Waals surface area contributed by atoms with Gasteiger partial charge in [-0.1, -0.05) is 39.0 Å². The van der Waals surface area contributed by atoms with E-state index in [4.69, 9.17) is 10.5 Å². The van der Waals surface area contributed by atoms with E-state index in [1.807, 2.05) is 30.3 Å². The Morgan fingerprint density at radius 1 is 1.32 bits per heavy atom. The lowest BCUT2D eigenvalue weighted by Crippen LogP contribution is -2.48. The third kappa shape index (κ3) is 5.75. The third-order valence-corrected chi connectivity index (χ3v) is 2.96. The molecule has 0 aliphatic carbocycles. The Kier molecular flexibility index (Phi) is 5.83. The molecule has 0 saturated carbocycles. The van der Waals surface area contributed by atoms with Gasteiger partial charge in [0.05, 0.1) is 13.0 Å². The lowest BCUT2D eigenvalue weighted by molar-refractivity contribution is -0.123. The summed E-state index contributed by atoms with van der Waals surface area (Å²) in [5.41, 5.74) is 5.64. The van der Waals surface area contributed by atoms with E-state index >= 15 is 0 Å². The summed E-state index contributed by atoms with van der Waals surface area (Å²) in [5.74, 6) is 0.753. The standard InChI is InChI=1S/C15H24N2O2/c1-15(2,3)13(11-16)17-14(18)9-10-19-12-7-5-4-6-8-12/h4-8,13H,9-11,16H2,1-3H3,(H,17,18). The summed E-state index contributed by atoms with van der Waals surface area (Å²) in [4.78, 5) is 11.8. The Bertz CT molecular complexity index is 385. The van der Waals surface area contributed by atoms with E-state index in [2.05, 4.69) is 26.1 Å². The molecule has 1 rings (SSSR count). The summed E-state index contributed by atoms with van der Waals surface area (Å²) >= 11 is 0. The van der Waals surface area contributed by atoms with Gasteiger partial charge in [0.15, 0.2) is 0 Å². The first kappa shape index (κ1) is 15.5. The Balaban J connectivity index is 2.32. The van der Waals surface area contributed by atoms with Crippen LogP contribution < -0.4 is 15.8 Å². The average Bonchev–Trinajstić information content (AvgIpc) is 2.36. The number of carbonyl (C=O) groups excluding carboxylic acids is 1. The molecule has 19 heavy (non-hydrogen) atoms. The topological polar surface area (TPSA) is 64.3 Å². The normalized spacial score (nSPS) is 12.8. The first-order valence-electron chi connectivity index (χ1n) is 6.61. The number of amides is 1. The van der Waals surface area contributed by atoms with Crippen molar-refractivity contribution in [3.05, 3.63) is 30.3 Å². The molecule has 4 heteroatoms. The predicted molar refractivity (Wildman–Crippen MR) is 77.0 cm³/mol. The maximum Gasteiger partial charge on any atom is 0.223 e. The van der Waals surface area contributed by atoms with Crippen LogP contribution in [-0.4, -0.2) is 25.1 Å². The minimum absolute atomic E-state index is 0.0169. The number of rotatable bonds is 6. The summed E-state index contributed by atoms with van der Waals surface area (Å²) in [5, 5.41) is 2.95. The first-order valence-corrected chi connectivity index (χ1v) is 6.61. The van der Waals surface area contributed by atoms with E-state index in [-0.39, 0.29) is 17.4 Å². The lowest BCUT2D eigenvalue weighted by atomic mass is 9.87. The van der Waals surface area contributed by atoms with Crippen LogP contribution in [0, 0.1) is 5.41 Å². The van der Waals surface area contributed by atoms with Crippen molar-refractivity contribution in [2.24, 2.45) is 11.1 Å². The van der Waals surface area contributed by atoms with Gasteiger partial charge in [-0.3, -0.25) is 4.79 Å². The molecule has 0 heterocycles. The Morgan fingerprint density at radius 2 is 1.95 bits per heavy atom. The van der Waals surface area contributed by atoms with Gasteiger partial charge in [-0.2, -0.15) is 0 Å². The number of ether oxygens (including phenoxy) is 1. The molecule has 1 amide bonds. The molecule has 1 atom stereocenters. The van der Waals surface area contributed by atoms with Crippen molar-refractivity contribution in [2.75, 3.05) is 13.2 Å². The number of nitrogens with one attached hydrogen (secondary N) is 1. The number of benzene rings is 1. The van der Waals surface area contributed by atoms with Crippen molar-refractivity contribution in [3.8, 4) is 5.75 Å². The molecule has 4 nitrogen and oxygen atoms in total. The van der Waals surface area contributed by atoms with Gasteiger partial charge in [0, 0.05) is 12.6 Å². The molecule has 0 bridgehead atoms. The quantitative estimate of drug-likeness (QED) is 0.825. The fourth-order valence-corrected chi connectivity index (χ4v) is 1.67. The largest absolute Gasteiger partial charge is 0.493 e. The second-order valence-electron chi connectivity index (χ2n) is 5.63. The van der Waals surface area contributed by atoms with Crippen LogP contribution in [0.2, 0.25) is 0 Å². The van der Waals surface area contributed by atoms with Crippen molar-refractivity contribution < 1.29 is 9.53 Å². The van der Waals surface area contributed by atoms with Crippen molar-refractivity contribution >= 4 is 5.91 Å². The molecule has 0 aromatic heterocycles. The minimum Gasteiger partial charge on any atom is -0.493 e. The Morgan fingerprint density at radius 3 is 2.47 bits per heavy atom. The van der Waals surface area contributed by atoms with E-state index in [1.54, 1.807) is 0 Å². The number of hydrogen-bond acceptors (Lipinski definition) is 3. The van der Waals surface area contributed by atoms with Crippen LogP contribution in [0.4, 0.5) is 0 Å². The number of para-hydroxylation sites is 1. The van der Waals surface area contributed by atoms with Crippen LogP contribution in [0.25, 0.3) is 0 Å². The first-order chi connectivity index (χ1) is 8.93. The molecule has 0 aliphatic heterocycles. The van der Waals surface area contributed by atoms with E-state index in [1.165, 1.54) is 0 Å². The van der Waals surface area contributed by atoms with Crippen LogP contribution in [0.1, 0.15) is 27.2 Å². The lowest BCUT2D eigenvalue weighted by Gasteiger charge is -2.30. The van der Waals surface area contributed by atoms with Crippen LogP contribution in [0.15, 0.2) is 30.3 Å². The van der Waals surface area contributed by atoms with Gasteiger partial charge in [0.25, 0.3) is 0 Å². The van der Waals surface area contributed by atoms with Crippen LogP contribution in [0.3, 0.4) is 0 Å². The zero-order valence-corrected chi connectivity index (χ0v) is 12.0. The van der Waals surface area contributed by atoms with Gasteiger partial charge >= 0.3 is 0 Å². The van der Waals surface area contributed by atoms with Crippen molar-refractivity contribution in [1.29, 1.82) is 0 Å². The van der Waals surface area contributed by atoms with E-state index in [0.29, 0.717) is 19.6 Å². The molecule has 106 valence electrons. The van der Waals surface area contributed by atoms with Gasteiger partial charge in [-0.25, -0.2) is 0 Å². The molecule has 1 aromatic rings. The SMILES string of the molecule is CC(C)(C)C(CN)NC(=O)CCOc1ccccc1. The average molecular weight is 264 g/mol. The highest BCUT2D eigenvalue weighted by molar-refractivity contribution is 5.76. The van der Waals surface area contributed by atoms with Crippen LogP contribution in [0.5, 0.6) is 5.75 Å². The van der Waals surface area contributed by atoms with Gasteiger partial charge in [0.2, 0.25) is 5.91 Å². The van der Waals surface area contributed by atoms with E-state index < -0.39 is 0 Å². The summed E-state index contributed by atoms with van der Waals surface area (Å²) in [6, 6.07) is 9.45. The molecule has 0 spiro atoms. The summed E-state index contributed by atoms with van der Waals surface area (Å²) in [7, 11) is 0. The fraction of sp³-hybridized carbons (Fsp3) is 0.533. The van der Waals surface area contributed by atoms with Crippen molar-refractivity contribution in [1.82, 2.24) is 5.32 Å². The third-order valence-electron chi connectivity index (χ3n) is 2.96. The molecular formula is C15H24N2O2. The highest BCUT2D eigenvalue weighted by Crippen LogP contribution is 2.18. The zero-order chi connectivity index (χ0) is 14.3. The molecule has 0 radical (unpaired) electrons. The zero-order valence-electron chi connectivity index (χ0n) is 12.0. The smallest absolute Gasteiger partial charge is 0.223 e. The maximum absolute atomic E-state index is 11.8.